The van der Waals surface area contributed by atoms with Crippen molar-refractivity contribution in [3.63, 3.8) is 0 Å². The second kappa shape index (κ2) is 8.62. The summed E-state index contributed by atoms with van der Waals surface area (Å²) in [6.45, 7) is 0. The third kappa shape index (κ3) is 4.63. The molecule has 3 aromatic rings. The van der Waals surface area contributed by atoms with E-state index in [1.807, 2.05) is 0 Å². The Hall–Kier alpha value is -4.58. The van der Waals surface area contributed by atoms with Gasteiger partial charge in [-0.2, -0.15) is 5.10 Å². The Morgan fingerprint density at radius 1 is 1.00 bits per heavy atom. The summed E-state index contributed by atoms with van der Waals surface area (Å²) in [4.78, 5) is 34.2. The van der Waals surface area contributed by atoms with Crippen LogP contribution in [0.4, 0.5) is 16.3 Å². The Bertz CT molecular complexity index is 1190. The maximum atomic E-state index is 12.0. The fourth-order valence-electron chi connectivity index (χ4n) is 2.69. The SMILES string of the molecule is Cn1ncc(-c2ccc(C#CC(=O)Nc3ccccc3C(=O)O)cc2)c1NC(=O)O. The van der Waals surface area contributed by atoms with Gasteiger partial charge in [-0.25, -0.2) is 9.59 Å². The molecule has 9 heteroatoms. The van der Waals surface area contributed by atoms with Crippen molar-refractivity contribution in [3.8, 4) is 23.0 Å². The lowest BCUT2D eigenvalue weighted by Crippen LogP contribution is -2.12. The molecule has 30 heavy (non-hydrogen) atoms. The van der Waals surface area contributed by atoms with Crippen LogP contribution in [-0.2, 0) is 11.8 Å². The zero-order valence-corrected chi connectivity index (χ0v) is 15.7. The summed E-state index contributed by atoms with van der Waals surface area (Å²) in [5, 5.41) is 26.9. The maximum Gasteiger partial charge on any atom is 0.410 e. The van der Waals surface area contributed by atoms with E-state index in [0.717, 1.165) is 5.56 Å². The highest BCUT2D eigenvalue weighted by Crippen LogP contribution is 2.27. The number of rotatable bonds is 4. The van der Waals surface area contributed by atoms with Crippen LogP contribution in [-0.4, -0.2) is 38.0 Å². The van der Waals surface area contributed by atoms with Gasteiger partial charge < -0.3 is 15.5 Å². The van der Waals surface area contributed by atoms with Gasteiger partial charge in [0.15, 0.2) is 0 Å². The number of nitrogens with zero attached hydrogens (tertiary/aromatic N) is 2. The summed E-state index contributed by atoms with van der Waals surface area (Å²) < 4.78 is 1.41. The number of nitrogens with one attached hydrogen (secondary N) is 2. The first-order valence-corrected chi connectivity index (χ1v) is 8.63. The number of aromatic carboxylic acids is 1. The first-order chi connectivity index (χ1) is 14.3. The summed E-state index contributed by atoms with van der Waals surface area (Å²) in [6, 6.07) is 12.9. The van der Waals surface area contributed by atoms with Crippen molar-refractivity contribution in [2.75, 3.05) is 10.6 Å². The number of amides is 2. The smallest absolute Gasteiger partial charge is 0.410 e. The molecule has 3 rings (SSSR count). The van der Waals surface area contributed by atoms with Gasteiger partial charge in [0.25, 0.3) is 0 Å². The zero-order chi connectivity index (χ0) is 21.7. The minimum absolute atomic E-state index is 0.0285. The van der Waals surface area contributed by atoms with Gasteiger partial charge in [0.1, 0.15) is 5.82 Å². The van der Waals surface area contributed by atoms with Crippen LogP contribution in [0.25, 0.3) is 11.1 Å². The van der Waals surface area contributed by atoms with Gasteiger partial charge in [0, 0.05) is 24.1 Å². The molecule has 9 nitrogen and oxygen atoms in total. The van der Waals surface area contributed by atoms with Gasteiger partial charge in [0.2, 0.25) is 0 Å². The zero-order valence-electron chi connectivity index (χ0n) is 15.7. The Morgan fingerprint density at radius 3 is 2.37 bits per heavy atom. The molecule has 1 aromatic heterocycles. The van der Waals surface area contributed by atoms with Crippen molar-refractivity contribution in [2.45, 2.75) is 0 Å². The molecule has 0 saturated carbocycles. The van der Waals surface area contributed by atoms with E-state index in [2.05, 4.69) is 27.6 Å². The summed E-state index contributed by atoms with van der Waals surface area (Å²) in [6.07, 6.45) is 0.345. The molecule has 0 fully saturated rings. The highest BCUT2D eigenvalue weighted by Gasteiger charge is 2.13. The Balaban J connectivity index is 1.75. The first-order valence-electron chi connectivity index (χ1n) is 8.63. The maximum absolute atomic E-state index is 12.0. The number of para-hydroxylation sites is 1. The first kappa shape index (κ1) is 20.2. The molecular weight excluding hydrogens is 388 g/mol. The van der Waals surface area contributed by atoms with Crippen LogP contribution in [0.1, 0.15) is 15.9 Å². The molecule has 0 aliphatic rings. The normalized spacial score (nSPS) is 9.90. The lowest BCUT2D eigenvalue weighted by atomic mass is 10.1. The minimum atomic E-state index is -1.20. The van der Waals surface area contributed by atoms with Crippen molar-refractivity contribution >= 4 is 29.5 Å². The van der Waals surface area contributed by atoms with Gasteiger partial charge in [0.05, 0.1) is 17.4 Å². The molecule has 0 unspecified atom stereocenters. The number of anilines is 2. The predicted octanol–water partition coefficient (Wildman–Crippen LogP) is 2.87. The van der Waals surface area contributed by atoms with Gasteiger partial charge in [-0.05, 0) is 29.8 Å². The average Bonchev–Trinajstić information content (AvgIpc) is 3.07. The average molecular weight is 404 g/mol. The molecule has 2 amide bonds. The molecule has 0 aliphatic heterocycles. The Morgan fingerprint density at radius 2 is 1.70 bits per heavy atom. The Labute approximate surface area is 171 Å². The molecular formula is C21H16N4O5. The third-order valence-electron chi connectivity index (χ3n) is 4.09. The van der Waals surface area contributed by atoms with E-state index in [1.165, 1.54) is 16.8 Å². The summed E-state index contributed by atoms with van der Waals surface area (Å²) in [5.41, 5.74) is 2.01. The van der Waals surface area contributed by atoms with Crippen molar-refractivity contribution in [1.82, 2.24) is 9.78 Å². The third-order valence-corrected chi connectivity index (χ3v) is 4.09. The van der Waals surface area contributed by atoms with E-state index in [9.17, 15) is 14.4 Å². The van der Waals surface area contributed by atoms with Crippen molar-refractivity contribution in [1.29, 1.82) is 0 Å². The largest absolute Gasteiger partial charge is 0.478 e. The number of benzene rings is 2. The molecule has 4 N–H and O–H groups in total. The number of carboxylic acids is 1. The lowest BCUT2D eigenvalue weighted by Gasteiger charge is -2.06. The highest BCUT2D eigenvalue weighted by molar-refractivity contribution is 6.07. The number of carboxylic acid groups (broad SMARTS) is 2. The standard InChI is InChI=1S/C21H16N4O5/c1-25-19(24-21(29)30)16(12-22-25)14-9-6-13(7-10-14)8-11-18(26)23-17-5-3-2-4-15(17)20(27)28/h2-7,9-10,12,24H,1H3,(H,23,26)(H,27,28)(H,29,30). The quantitative estimate of drug-likeness (QED) is 0.494. The number of aryl methyl sites for hydroxylation is 1. The molecule has 0 spiro atoms. The topological polar surface area (TPSA) is 134 Å². The molecule has 0 radical (unpaired) electrons. The van der Waals surface area contributed by atoms with E-state index >= 15 is 0 Å². The van der Waals surface area contributed by atoms with Crippen molar-refractivity contribution in [2.24, 2.45) is 7.05 Å². The Kier molecular flexibility index (Phi) is 5.79. The molecule has 0 atom stereocenters. The van der Waals surface area contributed by atoms with Crippen LogP contribution in [0.5, 0.6) is 0 Å². The highest BCUT2D eigenvalue weighted by atomic mass is 16.4. The fourth-order valence-corrected chi connectivity index (χ4v) is 2.69. The van der Waals surface area contributed by atoms with Crippen LogP contribution >= 0.6 is 0 Å². The number of carbonyl (C=O) groups is 3. The number of hydrogen-bond acceptors (Lipinski definition) is 4. The van der Waals surface area contributed by atoms with E-state index in [0.29, 0.717) is 16.9 Å². The van der Waals surface area contributed by atoms with Gasteiger partial charge in [-0.1, -0.05) is 30.2 Å². The molecule has 0 saturated heterocycles. The summed E-state index contributed by atoms with van der Waals surface area (Å²) in [7, 11) is 1.62. The van der Waals surface area contributed by atoms with Gasteiger partial charge in [-0.15, -0.1) is 0 Å². The van der Waals surface area contributed by atoms with Crippen molar-refractivity contribution < 1.29 is 24.6 Å². The molecule has 2 aromatic carbocycles. The molecule has 0 aliphatic carbocycles. The monoisotopic (exact) mass is 404 g/mol. The number of hydrogen-bond donors (Lipinski definition) is 4. The second-order valence-corrected chi connectivity index (χ2v) is 6.09. The van der Waals surface area contributed by atoms with E-state index < -0.39 is 18.0 Å². The van der Waals surface area contributed by atoms with E-state index in [1.54, 1.807) is 49.6 Å². The summed E-state index contributed by atoms with van der Waals surface area (Å²) in [5.74, 6) is 3.65. The van der Waals surface area contributed by atoms with Crippen LogP contribution < -0.4 is 10.6 Å². The molecule has 150 valence electrons. The van der Waals surface area contributed by atoms with Crippen LogP contribution in [0, 0.1) is 11.8 Å². The van der Waals surface area contributed by atoms with Crippen molar-refractivity contribution in [3.05, 3.63) is 65.9 Å². The molecule has 0 bridgehead atoms. The number of carbonyl (C=O) groups excluding carboxylic acids is 1. The number of aromatic nitrogens is 2. The second-order valence-electron chi connectivity index (χ2n) is 6.09. The van der Waals surface area contributed by atoms with Crippen LogP contribution in [0.3, 0.4) is 0 Å². The minimum Gasteiger partial charge on any atom is -0.478 e. The fraction of sp³-hybridized carbons (Fsp3) is 0.0476. The van der Waals surface area contributed by atoms with E-state index in [-0.39, 0.29) is 11.3 Å². The van der Waals surface area contributed by atoms with Gasteiger partial charge >= 0.3 is 18.0 Å². The van der Waals surface area contributed by atoms with E-state index in [4.69, 9.17) is 10.2 Å². The molecule has 1 heterocycles. The predicted molar refractivity (Wildman–Crippen MR) is 109 cm³/mol. The van der Waals surface area contributed by atoms with Crippen LogP contribution in [0.15, 0.2) is 54.7 Å². The summed E-state index contributed by atoms with van der Waals surface area (Å²) >= 11 is 0. The lowest BCUT2D eigenvalue weighted by molar-refractivity contribution is -0.111. The van der Waals surface area contributed by atoms with Gasteiger partial charge in [-0.3, -0.25) is 14.8 Å². The van der Waals surface area contributed by atoms with Crippen LogP contribution in [0.2, 0.25) is 0 Å².